The maximum Gasteiger partial charge on any atom is 0.235 e. The van der Waals surface area contributed by atoms with E-state index in [1.807, 2.05) is 11.7 Å². The van der Waals surface area contributed by atoms with Crippen LogP contribution in [0.5, 0.6) is 0 Å². The topological polar surface area (TPSA) is 50.2 Å². The molecule has 0 spiro atoms. The van der Waals surface area contributed by atoms with Gasteiger partial charge in [0.1, 0.15) is 6.17 Å². The Labute approximate surface area is 139 Å². The summed E-state index contributed by atoms with van der Waals surface area (Å²) >= 11 is 0. The molecule has 1 saturated carbocycles. The number of amides is 1. The quantitative estimate of drug-likeness (QED) is 0.908. The van der Waals surface area contributed by atoms with Crippen molar-refractivity contribution in [1.82, 2.24) is 20.0 Å². The molecule has 0 bridgehead atoms. The SMILES string of the molecule is CC(C)c1nn(C)cc1[C@@H]1NC(=O)CN1CCC1CCCCC1. The second-order valence-electron chi connectivity index (χ2n) is 7.53. The Balaban J connectivity index is 1.70. The van der Waals surface area contributed by atoms with Crippen LogP contribution >= 0.6 is 0 Å². The Morgan fingerprint density at radius 2 is 2.04 bits per heavy atom. The van der Waals surface area contributed by atoms with Crippen molar-refractivity contribution >= 4 is 5.91 Å². The predicted molar refractivity (Wildman–Crippen MR) is 90.9 cm³/mol. The van der Waals surface area contributed by atoms with Gasteiger partial charge in [-0.25, -0.2) is 0 Å². The van der Waals surface area contributed by atoms with E-state index in [4.69, 9.17) is 0 Å². The van der Waals surface area contributed by atoms with Gasteiger partial charge in [-0.3, -0.25) is 14.4 Å². The summed E-state index contributed by atoms with van der Waals surface area (Å²) in [5, 5.41) is 7.75. The zero-order chi connectivity index (χ0) is 16.4. The van der Waals surface area contributed by atoms with Gasteiger partial charge >= 0.3 is 0 Å². The molecule has 2 heterocycles. The van der Waals surface area contributed by atoms with Gasteiger partial charge in [0.15, 0.2) is 0 Å². The van der Waals surface area contributed by atoms with Crippen molar-refractivity contribution < 1.29 is 4.79 Å². The molecule has 0 radical (unpaired) electrons. The lowest BCUT2D eigenvalue weighted by Crippen LogP contribution is -2.30. The standard InChI is InChI=1S/C18H30N4O/c1-13(2)17-15(11-21(3)20-17)18-19-16(23)12-22(18)10-9-14-7-5-4-6-8-14/h11,13-14,18H,4-10,12H2,1-3H3,(H,19,23)/t18-/m1/s1. The molecular weight excluding hydrogens is 288 g/mol. The Bertz CT molecular complexity index is 545. The molecule has 1 aromatic heterocycles. The van der Waals surface area contributed by atoms with E-state index < -0.39 is 0 Å². The van der Waals surface area contributed by atoms with Gasteiger partial charge < -0.3 is 5.32 Å². The molecular formula is C18H30N4O. The molecule has 1 N–H and O–H groups in total. The first kappa shape index (κ1) is 16.5. The van der Waals surface area contributed by atoms with Crippen LogP contribution in [0.4, 0.5) is 0 Å². The summed E-state index contributed by atoms with van der Waals surface area (Å²) in [5.41, 5.74) is 2.26. The highest BCUT2D eigenvalue weighted by Gasteiger charge is 2.34. The molecule has 1 atom stereocenters. The average Bonchev–Trinajstić information content (AvgIpc) is 3.09. The Kier molecular flexibility index (Phi) is 5.05. The first-order valence-corrected chi connectivity index (χ1v) is 9.11. The van der Waals surface area contributed by atoms with E-state index in [0.717, 1.165) is 23.7 Å². The van der Waals surface area contributed by atoms with Crippen LogP contribution in [0, 0.1) is 5.92 Å². The zero-order valence-corrected chi connectivity index (χ0v) is 14.7. The third-order valence-corrected chi connectivity index (χ3v) is 5.29. The van der Waals surface area contributed by atoms with Crippen molar-refractivity contribution in [2.45, 2.75) is 64.5 Å². The second kappa shape index (κ2) is 7.04. The van der Waals surface area contributed by atoms with Crippen LogP contribution in [0.1, 0.15) is 75.7 Å². The first-order chi connectivity index (χ1) is 11.0. The normalized spacial score (nSPS) is 23.7. The molecule has 23 heavy (non-hydrogen) atoms. The zero-order valence-electron chi connectivity index (χ0n) is 14.7. The summed E-state index contributed by atoms with van der Waals surface area (Å²) in [7, 11) is 1.96. The highest BCUT2D eigenvalue weighted by Crippen LogP contribution is 2.31. The summed E-state index contributed by atoms with van der Waals surface area (Å²) in [6.45, 7) is 5.84. The number of hydrogen-bond acceptors (Lipinski definition) is 3. The van der Waals surface area contributed by atoms with Gasteiger partial charge in [-0.15, -0.1) is 0 Å². The van der Waals surface area contributed by atoms with Gasteiger partial charge in [0.25, 0.3) is 0 Å². The third-order valence-electron chi connectivity index (χ3n) is 5.29. The van der Waals surface area contributed by atoms with E-state index in [-0.39, 0.29) is 12.1 Å². The van der Waals surface area contributed by atoms with E-state index in [1.165, 1.54) is 38.5 Å². The van der Waals surface area contributed by atoms with Crippen LogP contribution < -0.4 is 5.32 Å². The molecule has 1 aliphatic carbocycles. The van der Waals surface area contributed by atoms with Gasteiger partial charge in [-0.05, 0) is 18.3 Å². The number of hydrogen-bond donors (Lipinski definition) is 1. The molecule has 5 heteroatoms. The molecule has 1 amide bonds. The minimum atomic E-state index is -0.00260. The van der Waals surface area contributed by atoms with Gasteiger partial charge in [-0.2, -0.15) is 5.10 Å². The lowest BCUT2D eigenvalue weighted by Gasteiger charge is -2.27. The van der Waals surface area contributed by atoms with Gasteiger partial charge in [0.2, 0.25) is 5.91 Å². The van der Waals surface area contributed by atoms with Gasteiger partial charge in [0.05, 0.1) is 12.2 Å². The minimum absolute atomic E-state index is 0.00260. The maximum atomic E-state index is 12.0. The second-order valence-corrected chi connectivity index (χ2v) is 7.53. The van der Waals surface area contributed by atoms with Crippen LogP contribution in [-0.4, -0.2) is 33.7 Å². The number of carbonyl (C=O) groups excluding carboxylic acids is 1. The van der Waals surface area contributed by atoms with Crippen molar-refractivity contribution in [3.63, 3.8) is 0 Å². The third kappa shape index (κ3) is 3.77. The monoisotopic (exact) mass is 318 g/mol. The van der Waals surface area contributed by atoms with Gasteiger partial charge in [0, 0.05) is 25.4 Å². The first-order valence-electron chi connectivity index (χ1n) is 9.11. The number of nitrogens with one attached hydrogen (secondary N) is 1. The fraction of sp³-hybridized carbons (Fsp3) is 0.778. The maximum absolute atomic E-state index is 12.0. The highest BCUT2D eigenvalue weighted by molar-refractivity contribution is 5.80. The number of nitrogens with zero attached hydrogens (tertiary/aromatic N) is 3. The molecule has 2 fully saturated rings. The molecule has 0 unspecified atom stereocenters. The average molecular weight is 318 g/mol. The Morgan fingerprint density at radius 1 is 1.30 bits per heavy atom. The largest absolute Gasteiger partial charge is 0.335 e. The van der Waals surface area contributed by atoms with Crippen LogP contribution in [0.3, 0.4) is 0 Å². The van der Waals surface area contributed by atoms with Crippen molar-refractivity contribution in [3.05, 3.63) is 17.5 Å². The molecule has 1 aromatic rings. The predicted octanol–water partition coefficient (Wildman–Crippen LogP) is 2.94. The van der Waals surface area contributed by atoms with Crippen LogP contribution in [0.2, 0.25) is 0 Å². The number of aromatic nitrogens is 2. The molecule has 0 aromatic carbocycles. The molecule has 1 saturated heterocycles. The number of rotatable bonds is 5. The van der Waals surface area contributed by atoms with Gasteiger partial charge in [-0.1, -0.05) is 46.0 Å². The van der Waals surface area contributed by atoms with E-state index in [9.17, 15) is 4.79 Å². The van der Waals surface area contributed by atoms with E-state index in [2.05, 4.69) is 35.4 Å². The number of aryl methyl sites for hydroxylation is 1. The number of carbonyl (C=O) groups is 1. The molecule has 2 aliphatic rings. The van der Waals surface area contributed by atoms with Crippen molar-refractivity contribution in [3.8, 4) is 0 Å². The Morgan fingerprint density at radius 3 is 2.74 bits per heavy atom. The molecule has 5 nitrogen and oxygen atoms in total. The van der Waals surface area contributed by atoms with Crippen LogP contribution in [0.25, 0.3) is 0 Å². The van der Waals surface area contributed by atoms with Crippen molar-refractivity contribution in [1.29, 1.82) is 0 Å². The Hall–Kier alpha value is -1.36. The summed E-state index contributed by atoms with van der Waals surface area (Å²) in [4.78, 5) is 14.3. The fourth-order valence-corrected chi connectivity index (χ4v) is 4.06. The van der Waals surface area contributed by atoms with E-state index in [0.29, 0.717) is 12.5 Å². The molecule has 1 aliphatic heterocycles. The molecule has 3 rings (SSSR count). The van der Waals surface area contributed by atoms with Crippen LogP contribution in [-0.2, 0) is 11.8 Å². The minimum Gasteiger partial charge on any atom is -0.335 e. The van der Waals surface area contributed by atoms with Crippen LogP contribution in [0.15, 0.2) is 6.20 Å². The summed E-state index contributed by atoms with van der Waals surface area (Å²) in [6.07, 6.45) is 10.2. The van der Waals surface area contributed by atoms with Crippen molar-refractivity contribution in [2.75, 3.05) is 13.1 Å². The van der Waals surface area contributed by atoms with E-state index >= 15 is 0 Å². The summed E-state index contributed by atoms with van der Waals surface area (Å²) in [5.74, 6) is 1.35. The lowest BCUT2D eigenvalue weighted by molar-refractivity contribution is -0.118. The van der Waals surface area contributed by atoms with Crippen molar-refractivity contribution in [2.24, 2.45) is 13.0 Å². The van der Waals surface area contributed by atoms with E-state index in [1.54, 1.807) is 0 Å². The smallest absolute Gasteiger partial charge is 0.235 e. The highest BCUT2D eigenvalue weighted by atomic mass is 16.2. The lowest BCUT2D eigenvalue weighted by atomic mass is 9.87. The summed E-state index contributed by atoms with van der Waals surface area (Å²) in [6, 6.07) is 0. The molecule has 128 valence electrons. The fourth-order valence-electron chi connectivity index (χ4n) is 4.06. The summed E-state index contributed by atoms with van der Waals surface area (Å²) < 4.78 is 1.87.